The summed E-state index contributed by atoms with van der Waals surface area (Å²) in [5, 5.41) is 50.1. The third kappa shape index (κ3) is 28.7. The van der Waals surface area contributed by atoms with Crippen LogP contribution in [0.2, 0.25) is 0 Å². The molecule has 0 radical (unpaired) electrons. The molecule has 0 bridgehead atoms. The Labute approximate surface area is 360 Å². The first kappa shape index (κ1) is 55.3. The topological polar surface area (TPSA) is 192 Å². The van der Waals surface area contributed by atoms with Crippen molar-refractivity contribution in [1.29, 1.82) is 0 Å². The van der Waals surface area contributed by atoms with E-state index in [1.165, 1.54) is 0 Å². The molecule has 1 aliphatic rings. The van der Waals surface area contributed by atoms with Gasteiger partial charge in [0.05, 0.1) is 13.2 Å². The summed E-state index contributed by atoms with van der Waals surface area (Å²) in [6.07, 6.45) is 37.7. The Morgan fingerprint density at radius 1 is 0.533 bits per heavy atom. The van der Waals surface area contributed by atoms with Gasteiger partial charge in [-0.05, 0) is 89.9 Å². The van der Waals surface area contributed by atoms with Gasteiger partial charge in [0, 0.05) is 13.0 Å². The summed E-state index contributed by atoms with van der Waals surface area (Å²) in [4.78, 5) is 23.1. The van der Waals surface area contributed by atoms with Crippen molar-refractivity contribution in [1.82, 2.24) is 0 Å². The number of hydrogen-bond donors (Lipinski definition) is 6. The molecule has 0 spiro atoms. The lowest BCUT2D eigenvalue weighted by molar-refractivity contribution is -0.220. The first-order valence-electron chi connectivity index (χ1n) is 22.1. The van der Waals surface area contributed by atoms with Gasteiger partial charge in [-0.3, -0.25) is 13.8 Å². The summed E-state index contributed by atoms with van der Waals surface area (Å²) in [6.45, 7) is 3.91. The van der Waals surface area contributed by atoms with Gasteiger partial charge in [-0.25, -0.2) is 4.57 Å². The monoisotopic (exact) mass is 865 g/mol. The van der Waals surface area contributed by atoms with Gasteiger partial charge in [0.15, 0.2) is 0 Å². The van der Waals surface area contributed by atoms with E-state index in [4.69, 9.17) is 18.5 Å². The van der Waals surface area contributed by atoms with Crippen molar-refractivity contribution in [2.75, 3.05) is 19.8 Å². The number of carbonyl (C=O) groups excluding carboxylic acids is 1. The second-order valence-electron chi connectivity index (χ2n) is 14.8. The zero-order valence-corrected chi connectivity index (χ0v) is 37.1. The van der Waals surface area contributed by atoms with E-state index in [2.05, 4.69) is 111 Å². The third-order valence-electron chi connectivity index (χ3n) is 9.45. The van der Waals surface area contributed by atoms with E-state index in [1.54, 1.807) is 0 Å². The lowest BCUT2D eigenvalue weighted by Crippen LogP contribution is -2.64. The SMILES string of the molecule is CC/C=C\C/C=C\C/C=C\C/C=C\CCCCCCCOCC(COP(=O)(O)OC1C(O)C(O)C(O)C(O)C1O)OC(=O)CCCC/C=C\C/C=C\C/C=C\C/C=C\CC. The second-order valence-corrected chi connectivity index (χ2v) is 16.2. The quantitative estimate of drug-likeness (QED) is 0.0154. The molecule has 0 saturated heterocycles. The highest BCUT2D eigenvalue weighted by molar-refractivity contribution is 7.47. The maximum absolute atomic E-state index is 12.8. The molecule has 0 aromatic rings. The Morgan fingerprint density at radius 2 is 0.933 bits per heavy atom. The van der Waals surface area contributed by atoms with Crippen LogP contribution in [-0.4, -0.2) is 98.9 Å². The minimum absolute atomic E-state index is 0.113. The van der Waals surface area contributed by atoms with E-state index in [0.29, 0.717) is 13.0 Å². The molecule has 0 heterocycles. The van der Waals surface area contributed by atoms with Gasteiger partial charge in [0.25, 0.3) is 0 Å². The zero-order chi connectivity index (χ0) is 44.1. The molecule has 6 atom stereocenters. The number of rotatable bonds is 35. The Bertz CT molecular complexity index is 1350. The molecular formula is C47H77O12P. The molecule has 60 heavy (non-hydrogen) atoms. The van der Waals surface area contributed by atoms with E-state index >= 15 is 0 Å². The average molecular weight is 865 g/mol. The Morgan fingerprint density at radius 3 is 1.42 bits per heavy atom. The van der Waals surface area contributed by atoms with Crippen LogP contribution in [0.5, 0.6) is 0 Å². The van der Waals surface area contributed by atoms with Gasteiger partial charge in [-0.15, -0.1) is 0 Å². The summed E-state index contributed by atoms with van der Waals surface area (Å²) in [5.41, 5.74) is 0. The van der Waals surface area contributed by atoms with Crippen molar-refractivity contribution in [2.24, 2.45) is 0 Å². The number of allylic oxidation sites excluding steroid dienone is 16. The molecule has 1 rings (SSSR count). The Balaban J connectivity index is 2.47. The molecule has 1 saturated carbocycles. The molecule has 1 fully saturated rings. The van der Waals surface area contributed by atoms with Crippen molar-refractivity contribution in [3.8, 4) is 0 Å². The highest BCUT2D eigenvalue weighted by atomic mass is 31.2. The van der Waals surface area contributed by atoms with Gasteiger partial charge in [0.1, 0.15) is 42.7 Å². The molecule has 0 aliphatic heterocycles. The maximum Gasteiger partial charge on any atom is 0.472 e. The minimum atomic E-state index is -5.04. The molecule has 6 N–H and O–H groups in total. The van der Waals surface area contributed by atoms with E-state index in [9.17, 15) is 39.8 Å². The Kier molecular flexibility index (Phi) is 34.0. The normalized spacial score (nSPS) is 23.3. The van der Waals surface area contributed by atoms with Crippen molar-refractivity contribution in [2.45, 2.75) is 172 Å². The van der Waals surface area contributed by atoms with Gasteiger partial charge in [-0.1, -0.05) is 130 Å². The van der Waals surface area contributed by atoms with Crippen LogP contribution in [0.1, 0.15) is 129 Å². The zero-order valence-electron chi connectivity index (χ0n) is 36.2. The van der Waals surface area contributed by atoms with Crippen molar-refractivity contribution in [3.05, 3.63) is 97.2 Å². The van der Waals surface area contributed by atoms with Crippen LogP contribution in [0, 0.1) is 0 Å². The number of aliphatic hydroxyl groups excluding tert-OH is 5. The number of phosphoric ester groups is 1. The van der Waals surface area contributed by atoms with Crippen molar-refractivity contribution in [3.63, 3.8) is 0 Å². The number of unbranched alkanes of at least 4 members (excludes halogenated alkanes) is 7. The fourth-order valence-corrected chi connectivity index (χ4v) is 6.95. The predicted molar refractivity (Wildman–Crippen MR) is 239 cm³/mol. The number of phosphoric acid groups is 1. The molecule has 13 heteroatoms. The molecule has 0 aromatic heterocycles. The third-order valence-corrected chi connectivity index (χ3v) is 10.4. The number of ether oxygens (including phenoxy) is 2. The summed E-state index contributed by atoms with van der Waals surface area (Å²) in [7, 11) is -5.04. The largest absolute Gasteiger partial charge is 0.472 e. The van der Waals surface area contributed by atoms with Crippen molar-refractivity contribution < 1.29 is 58.3 Å². The van der Waals surface area contributed by atoms with Crippen LogP contribution >= 0.6 is 7.82 Å². The maximum atomic E-state index is 12.8. The summed E-state index contributed by atoms with van der Waals surface area (Å²) in [6, 6.07) is 0. The molecule has 342 valence electrons. The number of esters is 1. The first-order chi connectivity index (χ1) is 29.0. The van der Waals surface area contributed by atoms with Gasteiger partial charge >= 0.3 is 13.8 Å². The molecule has 0 aromatic carbocycles. The molecule has 12 nitrogen and oxygen atoms in total. The van der Waals surface area contributed by atoms with E-state index in [-0.39, 0.29) is 13.0 Å². The number of hydrogen-bond acceptors (Lipinski definition) is 11. The van der Waals surface area contributed by atoms with Crippen LogP contribution in [0.15, 0.2) is 97.2 Å². The highest BCUT2D eigenvalue weighted by Crippen LogP contribution is 2.47. The molecule has 6 unspecified atom stereocenters. The van der Waals surface area contributed by atoms with E-state index in [1.807, 2.05) is 0 Å². The van der Waals surface area contributed by atoms with Crippen LogP contribution in [0.25, 0.3) is 0 Å². The Hall–Kier alpha value is -2.74. The second kappa shape index (κ2) is 36.9. The molecular weight excluding hydrogens is 787 g/mol. The van der Waals surface area contributed by atoms with Gasteiger partial charge in [0.2, 0.25) is 0 Å². The molecule has 0 amide bonds. The average Bonchev–Trinajstić information content (AvgIpc) is 3.23. The summed E-state index contributed by atoms with van der Waals surface area (Å²) >= 11 is 0. The summed E-state index contributed by atoms with van der Waals surface area (Å²) in [5.74, 6) is -0.530. The van der Waals surface area contributed by atoms with Crippen LogP contribution in [0.4, 0.5) is 0 Å². The number of aliphatic hydroxyl groups is 5. The minimum Gasteiger partial charge on any atom is -0.457 e. The lowest BCUT2D eigenvalue weighted by Gasteiger charge is -2.41. The summed E-state index contributed by atoms with van der Waals surface area (Å²) < 4.78 is 34.1. The first-order valence-corrected chi connectivity index (χ1v) is 23.6. The predicted octanol–water partition coefficient (Wildman–Crippen LogP) is 8.75. The van der Waals surface area contributed by atoms with Crippen molar-refractivity contribution >= 4 is 13.8 Å². The molecule has 1 aliphatic carbocycles. The standard InChI is InChI=1S/C47H77O12P/c1-3-5-7-9-11-13-15-17-19-20-21-23-25-27-29-31-33-35-37-56-38-40(39-57-60(54,55)59-47-45(52)43(50)42(49)44(51)46(47)53)58-41(48)36-34-32-30-28-26-24-22-18-16-14-12-10-8-6-4-2/h5-8,11-14,17-19,21-23,26,28,40,42-47,49-53H,3-4,9-10,15-16,20,24-25,27,29-39H2,1-2H3,(H,54,55)/b7-5-,8-6-,13-11-,14-12-,19-17-,22-18-,23-21-,28-26-. The van der Waals surface area contributed by atoms with Crippen LogP contribution < -0.4 is 0 Å². The van der Waals surface area contributed by atoms with E-state index in [0.717, 1.165) is 103 Å². The van der Waals surface area contributed by atoms with Gasteiger partial charge < -0.3 is 39.9 Å². The lowest BCUT2D eigenvalue weighted by atomic mass is 9.85. The van der Waals surface area contributed by atoms with Gasteiger partial charge in [-0.2, -0.15) is 0 Å². The fourth-order valence-electron chi connectivity index (χ4n) is 5.98. The fraction of sp³-hybridized carbons (Fsp3) is 0.638. The smallest absolute Gasteiger partial charge is 0.457 e. The van der Waals surface area contributed by atoms with Crippen LogP contribution in [0.3, 0.4) is 0 Å². The van der Waals surface area contributed by atoms with Crippen LogP contribution in [-0.2, 0) is 27.9 Å². The highest BCUT2D eigenvalue weighted by Gasteiger charge is 2.51. The van der Waals surface area contributed by atoms with E-state index < -0.39 is 63.1 Å². The number of carbonyl (C=O) groups is 1.